The van der Waals surface area contributed by atoms with Crippen molar-refractivity contribution < 1.29 is 0 Å². The Morgan fingerprint density at radius 2 is 1.60 bits per heavy atom. The van der Waals surface area contributed by atoms with Crippen LogP contribution >= 0.6 is 11.6 Å². The van der Waals surface area contributed by atoms with Crippen LogP contribution in [0.5, 0.6) is 0 Å². The number of para-hydroxylation sites is 1. The standard InChI is InChI=1S/C16H14ClN.C2H6/c1-12-10-18(16-5-3-2-4-15(12)16)11-13-6-8-14(17)9-7-13;1-2/h2-10H,11H2,1H3;1-2H3. The summed E-state index contributed by atoms with van der Waals surface area (Å²) >= 11 is 5.91. The van der Waals surface area contributed by atoms with Crippen molar-refractivity contribution in [2.75, 3.05) is 0 Å². The minimum absolute atomic E-state index is 0.785. The van der Waals surface area contributed by atoms with Crippen LogP contribution in [0.2, 0.25) is 5.02 Å². The van der Waals surface area contributed by atoms with Gasteiger partial charge in [-0.05, 0) is 36.2 Å². The van der Waals surface area contributed by atoms with Crippen molar-refractivity contribution in [3.63, 3.8) is 0 Å². The number of aryl methyl sites for hydroxylation is 1. The van der Waals surface area contributed by atoms with Crippen LogP contribution in [0.3, 0.4) is 0 Å². The van der Waals surface area contributed by atoms with Crippen molar-refractivity contribution in [3.05, 3.63) is 70.9 Å². The minimum Gasteiger partial charge on any atom is -0.343 e. The van der Waals surface area contributed by atoms with Crippen molar-refractivity contribution in [1.29, 1.82) is 0 Å². The summed E-state index contributed by atoms with van der Waals surface area (Å²) in [5.41, 5.74) is 3.87. The SMILES string of the molecule is CC.Cc1cn(Cc2ccc(Cl)cc2)c2ccccc12. The predicted molar refractivity (Wildman–Crippen MR) is 88.6 cm³/mol. The topological polar surface area (TPSA) is 4.93 Å². The summed E-state index contributed by atoms with van der Waals surface area (Å²) in [4.78, 5) is 0. The Kier molecular flexibility index (Phi) is 4.86. The molecule has 1 aromatic heterocycles. The van der Waals surface area contributed by atoms with E-state index in [-0.39, 0.29) is 0 Å². The summed E-state index contributed by atoms with van der Waals surface area (Å²) in [6, 6.07) is 16.5. The molecule has 0 aliphatic heterocycles. The van der Waals surface area contributed by atoms with Gasteiger partial charge in [0, 0.05) is 28.7 Å². The van der Waals surface area contributed by atoms with Gasteiger partial charge in [0.05, 0.1) is 0 Å². The second kappa shape index (κ2) is 6.62. The van der Waals surface area contributed by atoms with Gasteiger partial charge in [0.1, 0.15) is 0 Å². The second-order valence-electron chi connectivity index (χ2n) is 4.58. The molecule has 0 fully saturated rings. The molecular weight excluding hydrogens is 266 g/mol. The lowest BCUT2D eigenvalue weighted by atomic mass is 10.2. The van der Waals surface area contributed by atoms with Crippen LogP contribution in [-0.2, 0) is 6.54 Å². The summed E-state index contributed by atoms with van der Waals surface area (Å²) in [6.45, 7) is 7.03. The van der Waals surface area contributed by atoms with E-state index in [2.05, 4.69) is 54.1 Å². The van der Waals surface area contributed by atoms with Gasteiger partial charge < -0.3 is 4.57 Å². The van der Waals surface area contributed by atoms with Gasteiger partial charge in [-0.1, -0.05) is 55.8 Å². The van der Waals surface area contributed by atoms with Crippen molar-refractivity contribution in [3.8, 4) is 0 Å². The molecule has 0 unspecified atom stereocenters. The number of nitrogens with zero attached hydrogens (tertiary/aromatic N) is 1. The summed E-state index contributed by atoms with van der Waals surface area (Å²) < 4.78 is 2.29. The maximum atomic E-state index is 5.91. The molecule has 0 saturated heterocycles. The highest BCUT2D eigenvalue weighted by Gasteiger charge is 2.04. The monoisotopic (exact) mass is 285 g/mol. The maximum Gasteiger partial charge on any atom is 0.0486 e. The van der Waals surface area contributed by atoms with E-state index in [9.17, 15) is 0 Å². The number of hydrogen-bond donors (Lipinski definition) is 0. The van der Waals surface area contributed by atoms with E-state index in [0.717, 1.165) is 11.6 Å². The Hall–Kier alpha value is -1.73. The number of fused-ring (bicyclic) bond motifs is 1. The first kappa shape index (κ1) is 14.7. The van der Waals surface area contributed by atoms with Crippen LogP contribution < -0.4 is 0 Å². The van der Waals surface area contributed by atoms with Crippen molar-refractivity contribution in [2.45, 2.75) is 27.3 Å². The molecule has 0 aliphatic rings. The second-order valence-corrected chi connectivity index (χ2v) is 5.02. The van der Waals surface area contributed by atoms with E-state index in [0.29, 0.717) is 0 Å². The lowest BCUT2D eigenvalue weighted by Gasteiger charge is -2.05. The zero-order valence-corrected chi connectivity index (χ0v) is 13.0. The predicted octanol–water partition coefficient (Wildman–Crippen LogP) is 5.68. The van der Waals surface area contributed by atoms with Crippen LogP contribution in [0, 0.1) is 6.92 Å². The van der Waals surface area contributed by atoms with Gasteiger partial charge in [-0.15, -0.1) is 0 Å². The van der Waals surface area contributed by atoms with E-state index in [4.69, 9.17) is 11.6 Å². The number of benzene rings is 2. The van der Waals surface area contributed by atoms with E-state index < -0.39 is 0 Å². The zero-order valence-electron chi connectivity index (χ0n) is 12.2. The number of rotatable bonds is 2. The van der Waals surface area contributed by atoms with Gasteiger partial charge in [-0.2, -0.15) is 0 Å². The third-order valence-corrected chi connectivity index (χ3v) is 3.51. The van der Waals surface area contributed by atoms with Crippen LogP contribution in [-0.4, -0.2) is 4.57 Å². The lowest BCUT2D eigenvalue weighted by Crippen LogP contribution is -1.97. The normalized spacial score (nSPS) is 10.2. The molecular formula is C18H20ClN. The fraction of sp³-hybridized carbons (Fsp3) is 0.222. The molecule has 0 spiro atoms. The van der Waals surface area contributed by atoms with Gasteiger partial charge in [-0.3, -0.25) is 0 Å². The molecule has 0 N–H and O–H groups in total. The molecule has 0 atom stereocenters. The summed E-state index contributed by atoms with van der Waals surface area (Å²) in [5.74, 6) is 0. The molecule has 3 aromatic rings. The third-order valence-electron chi connectivity index (χ3n) is 3.25. The first-order chi connectivity index (χ1) is 9.74. The molecule has 2 heteroatoms. The largest absolute Gasteiger partial charge is 0.343 e. The Morgan fingerprint density at radius 1 is 0.950 bits per heavy atom. The molecule has 0 radical (unpaired) electrons. The van der Waals surface area contributed by atoms with Crippen LogP contribution in [0.25, 0.3) is 10.9 Å². The highest BCUT2D eigenvalue weighted by molar-refractivity contribution is 6.30. The highest BCUT2D eigenvalue weighted by atomic mass is 35.5. The Morgan fingerprint density at radius 3 is 2.30 bits per heavy atom. The average molecular weight is 286 g/mol. The molecule has 20 heavy (non-hydrogen) atoms. The maximum absolute atomic E-state index is 5.91. The highest BCUT2D eigenvalue weighted by Crippen LogP contribution is 2.21. The Balaban J connectivity index is 0.000000704. The fourth-order valence-electron chi connectivity index (χ4n) is 2.35. The number of hydrogen-bond acceptors (Lipinski definition) is 0. The lowest BCUT2D eigenvalue weighted by molar-refractivity contribution is 0.834. The summed E-state index contributed by atoms with van der Waals surface area (Å²) in [6.07, 6.45) is 2.21. The van der Waals surface area contributed by atoms with Gasteiger partial charge in [-0.25, -0.2) is 0 Å². The van der Waals surface area contributed by atoms with E-state index in [1.165, 1.54) is 22.0 Å². The van der Waals surface area contributed by atoms with E-state index in [1.54, 1.807) is 0 Å². The first-order valence-corrected chi connectivity index (χ1v) is 7.41. The Bertz CT molecular complexity index is 680. The molecule has 104 valence electrons. The van der Waals surface area contributed by atoms with E-state index >= 15 is 0 Å². The van der Waals surface area contributed by atoms with Crippen LogP contribution in [0.4, 0.5) is 0 Å². The van der Waals surface area contributed by atoms with Gasteiger partial charge in [0.2, 0.25) is 0 Å². The fourth-order valence-corrected chi connectivity index (χ4v) is 2.47. The van der Waals surface area contributed by atoms with Crippen LogP contribution in [0.15, 0.2) is 54.7 Å². The van der Waals surface area contributed by atoms with Crippen molar-refractivity contribution >= 4 is 22.5 Å². The van der Waals surface area contributed by atoms with Crippen molar-refractivity contribution in [2.24, 2.45) is 0 Å². The molecule has 1 nitrogen and oxygen atoms in total. The number of halogens is 1. The summed E-state index contributed by atoms with van der Waals surface area (Å²) in [5, 5.41) is 2.11. The van der Waals surface area contributed by atoms with Crippen molar-refractivity contribution in [1.82, 2.24) is 4.57 Å². The van der Waals surface area contributed by atoms with Gasteiger partial charge in [0.25, 0.3) is 0 Å². The molecule has 0 aliphatic carbocycles. The van der Waals surface area contributed by atoms with Crippen LogP contribution in [0.1, 0.15) is 25.0 Å². The molecule has 0 saturated carbocycles. The quantitative estimate of drug-likeness (QED) is 0.571. The average Bonchev–Trinajstić information content (AvgIpc) is 2.81. The van der Waals surface area contributed by atoms with E-state index in [1.807, 2.05) is 26.0 Å². The summed E-state index contributed by atoms with van der Waals surface area (Å²) in [7, 11) is 0. The molecule has 3 rings (SSSR count). The minimum atomic E-state index is 0.785. The van der Waals surface area contributed by atoms with Gasteiger partial charge in [0.15, 0.2) is 0 Å². The molecule has 0 amide bonds. The Labute approximate surface area is 125 Å². The molecule has 0 bridgehead atoms. The zero-order chi connectivity index (χ0) is 14.5. The first-order valence-electron chi connectivity index (χ1n) is 7.03. The molecule has 1 heterocycles. The smallest absolute Gasteiger partial charge is 0.0486 e. The van der Waals surface area contributed by atoms with Gasteiger partial charge >= 0.3 is 0 Å². The third kappa shape index (κ3) is 3.05. The number of aromatic nitrogens is 1. The molecule has 2 aromatic carbocycles.